The molecule has 2 amide bonds. The molecule has 0 radical (unpaired) electrons. The van der Waals surface area contributed by atoms with E-state index < -0.39 is 11.4 Å². The molecule has 0 aliphatic carbocycles. The molecule has 0 unspecified atom stereocenters. The van der Waals surface area contributed by atoms with Crippen LogP contribution in [0.5, 0.6) is 0 Å². The van der Waals surface area contributed by atoms with E-state index in [1.807, 2.05) is 19.9 Å². The maximum Gasteiger partial charge on any atom is 0.248 e. The molecule has 104 valence electrons. The maximum atomic E-state index is 12.0. The lowest BCUT2D eigenvalue weighted by Gasteiger charge is -2.25. The second kappa shape index (κ2) is 6.33. The van der Waals surface area contributed by atoms with Gasteiger partial charge in [-0.1, -0.05) is 26.0 Å². The fourth-order valence-corrected chi connectivity index (χ4v) is 1.76. The summed E-state index contributed by atoms with van der Waals surface area (Å²) in [5.74, 6) is -0.662. The first-order valence-corrected chi connectivity index (χ1v) is 6.39. The van der Waals surface area contributed by atoms with Gasteiger partial charge >= 0.3 is 0 Å². The highest BCUT2D eigenvalue weighted by molar-refractivity contribution is 5.93. The van der Waals surface area contributed by atoms with Gasteiger partial charge in [0.15, 0.2) is 0 Å². The van der Waals surface area contributed by atoms with Crippen molar-refractivity contribution in [3.63, 3.8) is 0 Å². The van der Waals surface area contributed by atoms with Crippen molar-refractivity contribution < 1.29 is 9.59 Å². The highest BCUT2D eigenvalue weighted by Gasteiger charge is 2.29. The highest BCUT2D eigenvalue weighted by atomic mass is 16.2. The van der Waals surface area contributed by atoms with Crippen LogP contribution in [-0.2, 0) is 11.3 Å². The Morgan fingerprint density at radius 3 is 2.42 bits per heavy atom. The molecular formula is C14H21N3O2. The molecule has 1 rings (SSSR count). The molecular weight excluding hydrogens is 242 g/mol. The van der Waals surface area contributed by atoms with Crippen LogP contribution in [0.4, 0.5) is 0 Å². The van der Waals surface area contributed by atoms with E-state index in [0.717, 1.165) is 5.56 Å². The summed E-state index contributed by atoms with van der Waals surface area (Å²) >= 11 is 0. The van der Waals surface area contributed by atoms with Crippen molar-refractivity contribution >= 4 is 11.8 Å². The average molecular weight is 263 g/mol. The standard InChI is InChI=1S/C14H21N3O2/c1-3-14(16,4-2)13(19)17-9-10-6-5-7-11(8-10)12(15)18/h5-8H,3-4,9,16H2,1-2H3,(H2,15,18)(H,17,19). The van der Waals surface area contributed by atoms with E-state index in [-0.39, 0.29) is 5.91 Å². The van der Waals surface area contributed by atoms with Gasteiger partial charge < -0.3 is 16.8 Å². The van der Waals surface area contributed by atoms with E-state index in [0.29, 0.717) is 24.9 Å². The van der Waals surface area contributed by atoms with Gasteiger partial charge in [-0.25, -0.2) is 0 Å². The normalized spacial score (nSPS) is 11.1. The predicted octanol–water partition coefficient (Wildman–Crippen LogP) is 0.919. The summed E-state index contributed by atoms with van der Waals surface area (Å²) in [5, 5.41) is 2.79. The zero-order chi connectivity index (χ0) is 14.5. The molecule has 0 atom stereocenters. The van der Waals surface area contributed by atoms with Crippen LogP contribution < -0.4 is 16.8 Å². The maximum absolute atomic E-state index is 12.0. The minimum Gasteiger partial charge on any atom is -0.366 e. The van der Waals surface area contributed by atoms with Crippen molar-refractivity contribution in [1.29, 1.82) is 0 Å². The van der Waals surface area contributed by atoms with Crippen LogP contribution in [0.2, 0.25) is 0 Å². The number of benzene rings is 1. The molecule has 5 heteroatoms. The van der Waals surface area contributed by atoms with Crippen LogP contribution in [0.25, 0.3) is 0 Å². The molecule has 0 fully saturated rings. The first kappa shape index (κ1) is 15.2. The van der Waals surface area contributed by atoms with Gasteiger partial charge in [0, 0.05) is 12.1 Å². The fraction of sp³-hybridized carbons (Fsp3) is 0.429. The molecule has 19 heavy (non-hydrogen) atoms. The minimum atomic E-state index is -0.832. The van der Waals surface area contributed by atoms with Crippen molar-refractivity contribution in [2.24, 2.45) is 11.5 Å². The van der Waals surface area contributed by atoms with Gasteiger partial charge in [0.2, 0.25) is 11.8 Å². The quantitative estimate of drug-likeness (QED) is 0.711. The number of nitrogens with two attached hydrogens (primary N) is 2. The second-order valence-corrected chi connectivity index (χ2v) is 4.61. The van der Waals surface area contributed by atoms with E-state index >= 15 is 0 Å². The van der Waals surface area contributed by atoms with Crippen molar-refractivity contribution in [2.45, 2.75) is 38.8 Å². The molecule has 0 saturated heterocycles. The first-order chi connectivity index (χ1) is 8.92. The second-order valence-electron chi connectivity index (χ2n) is 4.61. The molecule has 0 aliphatic heterocycles. The Balaban J connectivity index is 2.69. The monoisotopic (exact) mass is 263 g/mol. The van der Waals surface area contributed by atoms with E-state index in [4.69, 9.17) is 11.5 Å². The zero-order valence-corrected chi connectivity index (χ0v) is 11.4. The number of nitrogens with one attached hydrogen (secondary N) is 1. The van der Waals surface area contributed by atoms with Crippen molar-refractivity contribution in [3.8, 4) is 0 Å². The highest BCUT2D eigenvalue weighted by Crippen LogP contribution is 2.12. The smallest absolute Gasteiger partial charge is 0.248 e. The Labute approximate surface area is 113 Å². The van der Waals surface area contributed by atoms with Crippen LogP contribution in [-0.4, -0.2) is 17.4 Å². The molecule has 1 aromatic carbocycles. The molecule has 0 saturated carbocycles. The third-order valence-electron chi connectivity index (χ3n) is 3.38. The third-order valence-corrected chi connectivity index (χ3v) is 3.38. The van der Waals surface area contributed by atoms with Gasteiger partial charge in [0.05, 0.1) is 5.54 Å². The summed E-state index contributed by atoms with van der Waals surface area (Å²) in [5.41, 5.74) is 11.6. The Hall–Kier alpha value is -1.88. The Bertz CT molecular complexity index is 468. The molecule has 0 spiro atoms. The van der Waals surface area contributed by atoms with E-state index in [1.54, 1.807) is 18.2 Å². The van der Waals surface area contributed by atoms with Gasteiger partial charge in [-0.15, -0.1) is 0 Å². The number of carbonyl (C=O) groups excluding carboxylic acids is 2. The van der Waals surface area contributed by atoms with E-state index in [9.17, 15) is 9.59 Å². The number of carbonyl (C=O) groups is 2. The Morgan fingerprint density at radius 1 is 1.26 bits per heavy atom. The number of hydrogen-bond donors (Lipinski definition) is 3. The van der Waals surface area contributed by atoms with E-state index in [1.165, 1.54) is 0 Å². The lowest BCUT2D eigenvalue weighted by molar-refractivity contribution is -0.126. The minimum absolute atomic E-state index is 0.179. The molecule has 0 bridgehead atoms. The van der Waals surface area contributed by atoms with Gasteiger partial charge in [0.25, 0.3) is 0 Å². The summed E-state index contributed by atoms with van der Waals surface area (Å²) in [6, 6.07) is 6.86. The van der Waals surface area contributed by atoms with Crippen molar-refractivity contribution in [2.75, 3.05) is 0 Å². The SMILES string of the molecule is CCC(N)(CC)C(=O)NCc1cccc(C(N)=O)c1. The Kier molecular flexibility index (Phi) is 5.06. The van der Waals surface area contributed by atoms with E-state index in [2.05, 4.69) is 5.32 Å². The van der Waals surface area contributed by atoms with Gasteiger partial charge in [-0.3, -0.25) is 9.59 Å². The fourth-order valence-electron chi connectivity index (χ4n) is 1.76. The zero-order valence-electron chi connectivity index (χ0n) is 11.4. The summed E-state index contributed by atoms with van der Waals surface area (Å²) in [6.07, 6.45) is 1.16. The summed E-state index contributed by atoms with van der Waals surface area (Å²) in [6.45, 7) is 4.10. The largest absolute Gasteiger partial charge is 0.366 e. The van der Waals surface area contributed by atoms with Crippen LogP contribution in [0.1, 0.15) is 42.6 Å². The van der Waals surface area contributed by atoms with Crippen LogP contribution >= 0.6 is 0 Å². The van der Waals surface area contributed by atoms with Crippen LogP contribution in [0, 0.1) is 0 Å². The molecule has 1 aromatic rings. The van der Waals surface area contributed by atoms with Gasteiger partial charge in [0.1, 0.15) is 0 Å². The molecule has 0 aliphatic rings. The summed E-state index contributed by atoms with van der Waals surface area (Å²) in [4.78, 5) is 23.0. The topological polar surface area (TPSA) is 98.2 Å². The number of rotatable bonds is 6. The van der Waals surface area contributed by atoms with Crippen molar-refractivity contribution in [3.05, 3.63) is 35.4 Å². The van der Waals surface area contributed by atoms with Gasteiger partial charge in [-0.05, 0) is 30.5 Å². The van der Waals surface area contributed by atoms with Crippen LogP contribution in [0.3, 0.4) is 0 Å². The van der Waals surface area contributed by atoms with Crippen LogP contribution in [0.15, 0.2) is 24.3 Å². The Morgan fingerprint density at radius 2 is 1.89 bits per heavy atom. The summed E-state index contributed by atoms with van der Waals surface area (Å²) in [7, 11) is 0. The average Bonchev–Trinajstić information content (AvgIpc) is 2.44. The lowest BCUT2D eigenvalue weighted by Crippen LogP contribution is -2.52. The molecule has 5 N–H and O–H groups in total. The number of primary amides is 1. The number of hydrogen-bond acceptors (Lipinski definition) is 3. The number of amides is 2. The lowest BCUT2D eigenvalue weighted by atomic mass is 9.93. The summed E-state index contributed by atoms with van der Waals surface area (Å²) < 4.78 is 0. The molecule has 0 aromatic heterocycles. The predicted molar refractivity (Wildman–Crippen MR) is 74.3 cm³/mol. The van der Waals surface area contributed by atoms with Gasteiger partial charge in [-0.2, -0.15) is 0 Å². The molecule has 5 nitrogen and oxygen atoms in total. The first-order valence-electron chi connectivity index (χ1n) is 6.39. The van der Waals surface area contributed by atoms with Crippen molar-refractivity contribution in [1.82, 2.24) is 5.32 Å². The molecule has 0 heterocycles. The third kappa shape index (κ3) is 3.79.